The molecule has 19 heavy (non-hydrogen) atoms. The van der Waals surface area contributed by atoms with E-state index in [1.54, 1.807) is 18.2 Å². The Morgan fingerprint density at radius 2 is 2.11 bits per heavy atom. The number of carbonyl (C=O) groups excluding carboxylic acids is 1. The lowest BCUT2D eigenvalue weighted by molar-refractivity contribution is -0.123. The Labute approximate surface area is 122 Å². The van der Waals surface area contributed by atoms with E-state index >= 15 is 0 Å². The van der Waals surface area contributed by atoms with Gasteiger partial charge in [-0.3, -0.25) is 4.79 Å². The number of nitrogens with one attached hydrogen (secondary N) is 1. The highest BCUT2D eigenvalue weighted by Crippen LogP contribution is 2.27. The first-order valence-corrected chi connectivity index (χ1v) is 6.56. The van der Waals surface area contributed by atoms with Crippen LogP contribution in [0.4, 0.5) is 0 Å². The summed E-state index contributed by atoms with van der Waals surface area (Å²) in [4.78, 5) is 11.5. The Morgan fingerprint density at radius 3 is 2.68 bits per heavy atom. The monoisotopic (exact) mass is 302 g/mol. The minimum atomic E-state index is -0.342. The molecule has 104 valence electrons. The molecule has 1 rings (SSSR count). The molecule has 0 bridgehead atoms. The molecule has 1 amide bonds. The number of benzene rings is 1. The summed E-state index contributed by atoms with van der Waals surface area (Å²) in [6, 6.07) is 4.81. The van der Waals surface area contributed by atoms with Gasteiger partial charge < -0.3 is 4.74 Å². The van der Waals surface area contributed by atoms with E-state index in [-0.39, 0.29) is 18.4 Å². The lowest BCUT2D eigenvalue weighted by atomic mass is 10.1. The molecule has 0 aliphatic rings. The van der Waals surface area contributed by atoms with Gasteiger partial charge in [-0.1, -0.05) is 37.0 Å². The van der Waals surface area contributed by atoms with Crippen LogP contribution in [0.15, 0.2) is 23.3 Å². The van der Waals surface area contributed by atoms with E-state index in [1.165, 1.54) is 0 Å². The first-order valence-electron chi connectivity index (χ1n) is 5.81. The molecule has 6 heteroatoms. The zero-order valence-electron chi connectivity index (χ0n) is 11.0. The average Bonchev–Trinajstić information content (AvgIpc) is 2.34. The summed E-state index contributed by atoms with van der Waals surface area (Å²) in [5.74, 6) is 0.351. The van der Waals surface area contributed by atoms with Crippen molar-refractivity contribution >= 4 is 34.8 Å². The third-order valence-electron chi connectivity index (χ3n) is 2.45. The van der Waals surface area contributed by atoms with Crippen molar-refractivity contribution in [1.82, 2.24) is 5.43 Å². The molecule has 0 aromatic heterocycles. The van der Waals surface area contributed by atoms with Crippen molar-refractivity contribution in [1.29, 1.82) is 0 Å². The summed E-state index contributed by atoms with van der Waals surface area (Å²) in [5, 5.41) is 4.83. The molecule has 0 radical (unpaired) electrons. The molecule has 0 saturated heterocycles. The molecule has 4 nitrogen and oxygen atoms in total. The standard InChI is InChI=1S/C13H16Cl2N2O2/c1-8(2)9(3)16-17-13(18)7-19-12-5-4-10(14)6-11(12)15/h4-6,8H,7H2,1-3H3,(H,17,18)/b16-9+. The summed E-state index contributed by atoms with van der Waals surface area (Å²) in [6.07, 6.45) is 0. The van der Waals surface area contributed by atoms with Gasteiger partial charge in [0.2, 0.25) is 0 Å². The van der Waals surface area contributed by atoms with E-state index in [4.69, 9.17) is 27.9 Å². The molecular formula is C13H16Cl2N2O2. The number of hydrogen-bond donors (Lipinski definition) is 1. The van der Waals surface area contributed by atoms with Gasteiger partial charge in [-0.2, -0.15) is 5.10 Å². The summed E-state index contributed by atoms with van der Waals surface area (Å²) in [7, 11) is 0. The second-order valence-corrected chi connectivity index (χ2v) is 5.15. The van der Waals surface area contributed by atoms with Crippen molar-refractivity contribution in [2.45, 2.75) is 20.8 Å². The van der Waals surface area contributed by atoms with Gasteiger partial charge >= 0.3 is 0 Å². The summed E-state index contributed by atoms with van der Waals surface area (Å²) in [6.45, 7) is 5.68. The number of hydrazone groups is 1. The second kappa shape index (κ2) is 7.36. The van der Waals surface area contributed by atoms with Gasteiger partial charge in [0.05, 0.1) is 5.02 Å². The normalized spacial score (nSPS) is 11.6. The minimum absolute atomic E-state index is 0.157. The number of amides is 1. The average molecular weight is 303 g/mol. The molecule has 0 aliphatic carbocycles. The van der Waals surface area contributed by atoms with Crippen molar-refractivity contribution in [2.75, 3.05) is 6.61 Å². The smallest absolute Gasteiger partial charge is 0.277 e. The van der Waals surface area contributed by atoms with E-state index in [1.807, 2.05) is 20.8 Å². The van der Waals surface area contributed by atoms with Crippen molar-refractivity contribution in [2.24, 2.45) is 11.0 Å². The Bertz CT molecular complexity index is 488. The van der Waals surface area contributed by atoms with Crippen LogP contribution in [-0.2, 0) is 4.79 Å². The zero-order chi connectivity index (χ0) is 14.4. The van der Waals surface area contributed by atoms with Crippen LogP contribution in [0.2, 0.25) is 10.0 Å². The number of ether oxygens (including phenoxy) is 1. The summed E-state index contributed by atoms with van der Waals surface area (Å²) >= 11 is 11.7. The molecule has 0 spiro atoms. The van der Waals surface area contributed by atoms with Gasteiger partial charge in [0.15, 0.2) is 6.61 Å². The van der Waals surface area contributed by atoms with Crippen LogP contribution in [0, 0.1) is 5.92 Å². The predicted molar refractivity (Wildman–Crippen MR) is 78.0 cm³/mol. The van der Waals surface area contributed by atoms with E-state index in [0.717, 1.165) is 5.71 Å². The first-order chi connectivity index (χ1) is 8.90. The van der Waals surface area contributed by atoms with Crippen LogP contribution in [0.3, 0.4) is 0 Å². The molecule has 0 atom stereocenters. The van der Waals surface area contributed by atoms with E-state index in [0.29, 0.717) is 15.8 Å². The molecule has 0 fully saturated rings. The van der Waals surface area contributed by atoms with Crippen LogP contribution in [0.25, 0.3) is 0 Å². The molecule has 0 unspecified atom stereocenters. The van der Waals surface area contributed by atoms with Crippen molar-refractivity contribution in [3.63, 3.8) is 0 Å². The predicted octanol–water partition coefficient (Wildman–Crippen LogP) is 3.52. The third kappa shape index (κ3) is 5.49. The van der Waals surface area contributed by atoms with Crippen molar-refractivity contribution in [3.8, 4) is 5.75 Å². The Kier molecular flexibility index (Phi) is 6.12. The molecule has 1 aromatic rings. The van der Waals surface area contributed by atoms with Crippen molar-refractivity contribution in [3.05, 3.63) is 28.2 Å². The fourth-order valence-corrected chi connectivity index (χ4v) is 1.51. The third-order valence-corrected chi connectivity index (χ3v) is 2.98. The molecule has 1 aromatic carbocycles. The second-order valence-electron chi connectivity index (χ2n) is 4.31. The Morgan fingerprint density at radius 1 is 1.42 bits per heavy atom. The van der Waals surface area contributed by atoms with Gasteiger partial charge in [0.25, 0.3) is 5.91 Å². The van der Waals surface area contributed by atoms with Crippen LogP contribution >= 0.6 is 23.2 Å². The first kappa shape index (κ1) is 15.8. The number of rotatable bonds is 5. The van der Waals surface area contributed by atoms with Crippen LogP contribution in [0.1, 0.15) is 20.8 Å². The van der Waals surface area contributed by atoms with Crippen LogP contribution < -0.4 is 10.2 Å². The van der Waals surface area contributed by atoms with Crippen LogP contribution in [0.5, 0.6) is 5.75 Å². The van der Waals surface area contributed by atoms with Gasteiger partial charge in [-0.15, -0.1) is 0 Å². The minimum Gasteiger partial charge on any atom is -0.482 e. The quantitative estimate of drug-likeness (QED) is 0.668. The fraction of sp³-hybridized carbons (Fsp3) is 0.385. The Hall–Kier alpha value is -1.26. The summed E-state index contributed by atoms with van der Waals surface area (Å²) < 4.78 is 5.27. The maximum Gasteiger partial charge on any atom is 0.277 e. The van der Waals surface area contributed by atoms with Gasteiger partial charge in [0.1, 0.15) is 5.75 Å². The zero-order valence-corrected chi connectivity index (χ0v) is 12.5. The Balaban J connectivity index is 2.48. The number of halogens is 2. The van der Waals surface area contributed by atoms with E-state index in [2.05, 4.69) is 10.5 Å². The topological polar surface area (TPSA) is 50.7 Å². The number of hydrogen-bond acceptors (Lipinski definition) is 3. The van der Waals surface area contributed by atoms with Gasteiger partial charge in [-0.25, -0.2) is 5.43 Å². The van der Waals surface area contributed by atoms with Gasteiger partial charge in [0, 0.05) is 10.7 Å². The lowest BCUT2D eigenvalue weighted by Gasteiger charge is -2.08. The molecule has 0 heterocycles. The lowest BCUT2D eigenvalue weighted by Crippen LogP contribution is -2.26. The maximum atomic E-state index is 11.5. The molecule has 0 aliphatic heterocycles. The molecule has 1 N–H and O–H groups in total. The SMILES string of the molecule is C/C(=N\NC(=O)COc1ccc(Cl)cc1Cl)C(C)C. The maximum absolute atomic E-state index is 11.5. The highest BCUT2D eigenvalue weighted by Gasteiger charge is 2.06. The van der Waals surface area contributed by atoms with E-state index in [9.17, 15) is 4.79 Å². The summed E-state index contributed by atoms with van der Waals surface area (Å²) in [5.41, 5.74) is 3.26. The van der Waals surface area contributed by atoms with Crippen molar-refractivity contribution < 1.29 is 9.53 Å². The van der Waals surface area contributed by atoms with E-state index < -0.39 is 0 Å². The molecule has 0 saturated carbocycles. The number of carbonyl (C=O) groups is 1. The van der Waals surface area contributed by atoms with Crippen LogP contribution in [-0.4, -0.2) is 18.2 Å². The van der Waals surface area contributed by atoms with Gasteiger partial charge in [-0.05, 0) is 31.0 Å². The highest BCUT2D eigenvalue weighted by molar-refractivity contribution is 6.35. The number of nitrogens with zero attached hydrogens (tertiary/aromatic N) is 1. The highest BCUT2D eigenvalue weighted by atomic mass is 35.5. The fourth-order valence-electron chi connectivity index (χ4n) is 1.05. The molecular weight excluding hydrogens is 287 g/mol. The largest absolute Gasteiger partial charge is 0.482 e.